The van der Waals surface area contributed by atoms with Crippen LogP contribution in [0.25, 0.3) is 101 Å². The molecule has 12 aromatic rings. The Morgan fingerprint density at radius 2 is 0.584 bits per heavy atom. The average Bonchev–Trinajstić information content (AvgIpc) is 4.27. The summed E-state index contributed by atoms with van der Waals surface area (Å²) in [6, 6.07) is 99.4. The first-order chi connectivity index (χ1) is 38.1. The van der Waals surface area contributed by atoms with Crippen LogP contribution in [0.1, 0.15) is 63.4 Å². The molecule has 0 aromatic heterocycles. The van der Waals surface area contributed by atoms with E-state index in [4.69, 9.17) is 0 Å². The number of fused-ring (bicyclic) bond motifs is 22. The van der Waals surface area contributed by atoms with Crippen molar-refractivity contribution in [2.24, 2.45) is 0 Å². The molecule has 2 spiro atoms. The van der Waals surface area contributed by atoms with Crippen molar-refractivity contribution in [2.75, 3.05) is 0 Å². The summed E-state index contributed by atoms with van der Waals surface area (Å²) >= 11 is 0. The van der Waals surface area contributed by atoms with Gasteiger partial charge in [0.1, 0.15) is 0 Å². The molecule has 0 nitrogen and oxygen atoms in total. The predicted molar refractivity (Wildman–Crippen MR) is 319 cm³/mol. The Labute approximate surface area is 449 Å². The standard InChI is InChI=1S/C77H50/c1-75(64-32-14-7-23-51(64)48-21-3-2-4-22-48)44-43-62-63(47-75)74(50-40-42-59-57-29-13-20-38-70(57)77(72(59)46-50)67-35-17-10-26-54(67)55-27-11-18-36-68(55)77)61-31-6-5-30-60(61)73(62)49-39-41-58-56-28-12-19-37-69(56)76(71(58)45-49)65-33-15-8-24-52(65)53-25-9-16-34-66(53)76/h2-43,45-47H,44H2,1H3. The molecule has 0 bridgehead atoms. The molecule has 0 saturated carbocycles. The topological polar surface area (TPSA) is 0 Å². The van der Waals surface area contributed by atoms with Crippen molar-refractivity contribution in [3.05, 3.63) is 321 Å². The van der Waals surface area contributed by atoms with E-state index in [9.17, 15) is 0 Å². The van der Waals surface area contributed by atoms with Gasteiger partial charge in [-0.3, -0.25) is 0 Å². The fourth-order valence-electron chi connectivity index (χ4n) is 15.7. The molecule has 12 aromatic carbocycles. The highest BCUT2D eigenvalue weighted by atomic mass is 14.5. The van der Waals surface area contributed by atoms with Gasteiger partial charge in [-0.2, -0.15) is 0 Å². The van der Waals surface area contributed by atoms with Crippen molar-refractivity contribution in [2.45, 2.75) is 29.6 Å². The highest BCUT2D eigenvalue weighted by molar-refractivity contribution is 6.08. The van der Waals surface area contributed by atoms with Crippen molar-refractivity contribution in [3.63, 3.8) is 0 Å². The minimum Gasteiger partial charge on any atom is -0.0748 e. The molecule has 1 atom stereocenters. The average molecular weight is 975 g/mol. The van der Waals surface area contributed by atoms with E-state index in [1.807, 2.05) is 0 Å². The molecule has 1 unspecified atom stereocenters. The maximum Gasteiger partial charge on any atom is 0.0725 e. The second-order valence-corrected chi connectivity index (χ2v) is 22.3. The first-order valence-corrected chi connectivity index (χ1v) is 27.4. The molecule has 0 N–H and O–H groups in total. The van der Waals surface area contributed by atoms with E-state index in [1.165, 1.54) is 149 Å². The lowest BCUT2D eigenvalue weighted by Crippen LogP contribution is -2.38. The summed E-state index contributed by atoms with van der Waals surface area (Å²) in [6.07, 6.45) is 6.13. The minimum absolute atomic E-state index is 0.327. The molecule has 358 valence electrons. The molecule has 5 aliphatic carbocycles. The van der Waals surface area contributed by atoms with Gasteiger partial charge in [-0.05, 0) is 168 Å². The Morgan fingerprint density at radius 3 is 1.00 bits per heavy atom. The molecule has 0 amide bonds. The van der Waals surface area contributed by atoms with Gasteiger partial charge in [0.25, 0.3) is 0 Å². The third kappa shape index (κ3) is 5.47. The van der Waals surface area contributed by atoms with Gasteiger partial charge in [0.15, 0.2) is 0 Å². The summed E-state index contributed by atoms with van der Waals surface area (Å²) in [5.74, 6) is 0. The Morgan fingerprint density at radius 1 is 0.260 bits per heavy atom. The number of hydrogen-bond donors (Lipinski definition) is 0. The van der Waals surface area contributed by atoms with Gasteiger partial charge in [0.05, 0.1) is 10.8 Å². The Kier molecular flexibility index (Phi) is 8.70. The van der Waals surface area contributed by atoms with Crippen molar-refractivity contribution in [1.29, 1.82) is 0 Å². The maximum atomic E-state index is 2.67. The van der Waals surface area contributed by atoms with E-state index < -0.39 is 10.8 Å². The lowest BCUT2D eigenvalue weighted by Gasteiger charge is -2.32. The van der Waals surface area contributed by atoms with Crippen molar-refractivity contribution >= 4 is 22.9 Å². The summed E-state index contributed by atoms with van der Waals surface area (Å²) in [5.41, 5.74) is 29.1. The van der Waals surface area contributed by atoms with Crippen LogP contribution in [0.3, 0.4) is 0 Å². The third-order valence-corrected chi connectivity index (χ3v) is 18.7. The molecule has 0 saturated heterocycles. The lowest BCUT2D eigenvalue weighted by molar-refractivity contribution is 0.655. The molecule has 17 rings (SSSR count). The normalized spacial score (nSPS) is 16.5. The molecule has 5 aliphatic rings. The van der Waals surface area contributed by atoms with Gasteiger partial charge in [-0.1, -0.05) is 268 Å². The van der Waals surface area contributed by atoms with Crippen molar-refractivity contribution in [1.82, 2.24) is 0 Å². The van der Waals surface area contributed by atoms with E-state index in [0.717, 1.165) is 6.42 Å². The zero-order valence-electron chi connectivity index (χ0n) is 42.7. The Bertz CT molecular complexity index is 4550. The molecule has 0 heteroatoms. The van der Waals surface area contributed by atoms with E-state index in [2.05, 4.69) is 280 Å². The van der Waals surface area contributed by atoms with E-state index >= 15 is 0 Å². The van der Waals surface area contributed by atoms with Crippen molar-refractivity contribution < 1.29 is 0 Å². The monoisotopic (exact) mass is 974 g/mol. The first kappa shape index (κ1) is 42.9. The van der Waals surface area contributed by atoms with Gasteiger partial charge >= 0.3 is 0 Å². The third-order valence-electron chi connectivity index (χ3n) is 18.7. The second-order valence-electron chi connectivity index (χ2n) is 22.3. The Balaban J connectivity index is 0.971. The summed E-state index contributed by atoms with van der Waals surface area (Å²) in [6.45, 7) is 2.47. The van der Waals surface area contributed by atoms with Crippen LogP contribution in [0.2, 0.25) is 0 Å². The summed E-state index contributed by atoms with van der Waals surface area (Å²) in [5, 5.41) is 5.13. The SMILES string of the molecule is CC1(c2ccccc2-c2ccccc2)C=c2c(-c3ccc4c(c3)C3(c5ccccc5-c5ccccc53)c3ccccc3-4)c3ccccc3c(-c3ccc4c(c3)C3(c5ccccc5-c5ccccc53)c3ccccc3-4)c2=CC1. The van der Waals surface area contributed by atoms with Crippen LogP contribution in [-0.4, -0.2) is 0 Å². The fourth-order valence-corrected chi connectivity index (χ4v) is 15.7. The zero-order chi connectivity index (χ0) is 50.6. The van der Waals surface area contributed by atoms with Crippen LogP contribution in [0.5, 0.6) is 0 Å². The number of rotatable bonds is 4. The lowest BCUT2D eigenvalue weighted by atomic mass is 9.69. The number of hydrogen-bond acceptors (Lipinski definition) is 0. The molecule has 0 fully saturated rings. The molecular formula is C77H50. The summed E-state index contributed by atoms with van der Waals surface area (Å²) in [7, 11) is 0. The summed E-state index contributed by atoms with van der Waals surface area (Å²) < 4.78 is 0. The van der Waals surface area contributed by atoms with Crippen LogP contribution in [0.4, 0.5) is 0 Å². The quantitative estimate of drug-likeness (QED) is 0.165. The van der Waals surface area contributed by atoms with Gasteiger partial charge in [-0.15, -0.1) is 0 Å². The van der Waals surface area contributed by atoms with Crippen LogP contribution in [-0.2, 0) is 16.2 Å². The largest absolute Gasteiger partial charge is 0.0748 e. The first-order valence-electron chi connectivity index (χ1n) is 27.4. The van der Waals surface area contributed by atoms with E-state index in [0.29, 0.717) is 0 Å². The van der Waals surface area contributed by atoms with Gasteiger partial charge in [0, 0.05) is 5.41 Å². The minimum atomic E-state index is -0.459. The highest BCUT2D eigenvalue weighted by Gasteiger charge is 2.53. The van der Waals surface area contributed by atoms with Crippen LogP contribution in [0.15, 0.2) is 261 Å². The fraction of sp³-hybridized carbons (Fsp3) is 0.0649. The van der Waals surface area contributed by atoms with E-state index in [1.54, 1.807) is 0 Å². The smallest absolute Gasteiger partial charge is 0.0725 e. The van der Waals surface area contributed by atoms with Crippen LogP contribution < -0.4 is 10.4 Å². The van der Waals surface area contributed by atoms with E-state index in [-0.39, 0.29) is 5.41 Å². The molecule has 0 heterocycles. The van der Waals surface area contributed by atoms with Gasteiger partial charge in [-0.25, -0.2) is 0 Å². The molecule has 0 radical (unpaired) electrons. The van der Waals surface area contributed by atoms with Crippen molar-refractivity contribution in [3.8, 4) is 77.9 Å². The zero-order valence-corrected chi connectivity index (χ0v) is 42.7. The highest BCUT2D eigenvalue weighted by Crippen LogP contribution is 2.65. The number of benzene rings is 12. The van der Waals surface area contributed by atoms with Crippen LogP contribution >= 0.6 is 0 Å². The molecule has 0 aliphatic heterocycles. The molecular weight excluding hydrogens is 925 g/mol. The van der Waals surface area contributed by atoms with Crippen LogP contribution in [0, 0.1) is 0 Å². The van der Waals surface area contributed by atoms with Gasteiger partial charge < -0.3 is 0 Å². The van der Waals surface area contributed by atoms with Gasteiger partial charge in [0.2, 0.25) is 0 Å². The summed E-state index contributed by atoms with van der Waals surface area (Å²) in [4.78, 5) is 0. The second kappa shape index (κ2) is 15.6. The maximum absolute atomic E-state index is 2.67. The Hall–Kier alpha value is -9.36. The predicted octanol–water partition coefficient (Wildman–Crippen LogP) is 17.5. The molecule has 77 heavy (non-hydrogen) atoms.